The first-order chi connectivity index (χ1) is 9.86. The van der Waals surface area contributed by atoms with E-state index in [2.05, 4.69) is 37.3 Å². The molecule has 0 saturated carbocycles. The first-order valence-electron chi connectivity index (χ1n) is 7.44. The molecular weight excluding hydrogens is 244 g/mol. The Bertz CT molecular complexity index is 490. The van der Waals surface area contributed by atoms with Gasteiger partial charge in [-0.25, -0.2) is 0 Å². The van der Waals surface area contributed by atoms with Crippen molar-refractivity contribution in [2.45, 2.75) is 32.1 Å². The summed E-state index contributed by atoms with van der Waals surface area (Å²) >= 11 is 0. The van der Waals surface area contributed by atoms with Crippen LogP contribution in [0.15, 0.2) is 54.6 Å². The highest BCUT2D eigenvalue weighted by molar-refractivity contribution is 5.35. The van der Waals surface area contributed by atoms with Crippen LogP contribution in [0.1, 0.15) is 36.8 Å². The molecule has 0 aliphatic heterocycles. The van der Waals surface area contributed by atoms with Gasteiger partial charge >= 0.3 is 0 Å². The highest BCUT2D eigenvalue weighted by Crippen LogP contribution is 2.16. The first kappa shape index (κ1) is 14.6. The van der Waals surface area contributed by atoms with Crippen molar-refractivity contribution in [3.8, 4) is 5.75 Å². The van der Waals surface area contributed by atoms with E-state index in [-0.39, 0.29) is 0 Å². The summed E-state index contributed by atoms with van der Waals surface area (Å²) in [6, 6.07) is 18.6. The highest BCUT2D eigenvalue weighted by atomic mass is 16.5. The zero-order chi connectivity index (χ0) is 14.0. The summed E-state index contributed by atoms with van der Waals surface area (Å²) in [7, 11) is 0. The molecule has 0 fully saturated rings. The molecule has 0 aliphatic carbocycles. The fraction of sp³-hybridized carbons (Fsp3) is 0.316. The van der Waals surface area contributed by atoms with Crippen molar-refractivity contribution in [2.24, 2.45) is 0 Å². The monoisotopic (exact) mass is 267 g/mol. The number of hydrogen-bond acceptors (Lipinski definition) is 1. The molecule has 0 unspecified atom stereocenters. The van der Waals surface area contributed by atoms with Crippen LogP contribution in [-0.4, -0.2) is 6.61 Å². The van der Waals surface area contributed by atoms with Gasteiger partial charge in [-0.1, -0.05) is 61.4 Å². The van der Waals surface area contributed by atoms with Crippen LogP contribution in [0.25, 0.3) is 0 Å². The molecule has 2 aromatic carbocycles. The third kappa shape index (κ3) is 5.08. The van der Waals surface area contributed by atoms with Crippen LogP contribution in [0, 0.1) is 6.92 Å². The lowest BCUT2D eigenvalue weighted by molar-refractivity contribution is 0.303. The average molecular weight is 267 g/mol. The normalized spacial score (nSPS) is 10.4. The number of ether oxygens (including phenoxy) is 1. The maximum absolute atomic E-state index is 5.74. The fourth-order valence-corrected chi connectivity index (χ4v) is 2.26. The molecule has 1 heteroatoms. The Labute approximate surface area is 122 Å². The minimum atomic E-state index is 0.790. The van der Waals surface area contributed by atoms with Gasteiger partial charge in [0.1, 0.15) is 5.75 Å². The maximum Gasteiger partial charge on any atom is 0.122 e. The molecule has 0 bridgehead atoms. The molecule has 105 valence electrons. The van der Waals surface area contributed by atoms with Crippen molar-refractivity contribution in [3.63, 3.8) is 0 Å². The number of para-hydroxylation sites is 1. The van der Waals surface area contributed by atoms with Crippen LogP contribution in [0.5, 0.6) is 5.75 Å². The van der Waals surface area contributed by atoms with Gasteiger partial charge in [0, 0.05) is 0 Å². The van der Waals surface area contributed by atoms with E-state index < -0.39 is 0 Å². The van der Waals surface area contributed by atoms with E-state index in [0.717, 1.165) is 24.3 Å². The minimum Gasteiger partial charge on any atom is -0.493 e. The second-order valence-corrected chi connectivity index (χ2v) is 5.11. The SMILES string of the molecule is [CH2]c1ccccc1OCCCCCCc1ccccc1. The summed E-state index contributed by atoms with van der Waals surface area (Å²) in [5.41, 5.74) is 2.41. The van der Waals surface area contributed by atoms with Crippen LogP contribution in [0.4, 0.5) is 0 Å². The van der Waals surface area contributed by atoms with E-state index in [4.69, 9.17) is 4.74 Å². The maximum atomic E-state index is 5.74. The third-order valence-corrected chi connectivity index (χ3v) is 3.43. The summed E-state index contributed by atoms with van der Waals surface area (Å²) in [4.78, 5) is 0. The molecule has 0 aromatic heterocycles. The Morgan fingerprint density at radius 2 is 1.45 bits per heavy atom. The summed E-state index contributed by atoms with van der Waals surface area (Å²) in [5, 5.41) is 0. The summed E-state index contributed by atoms with van der Waals surface area (Å²) in [6.45, 7) is 4.75. The third-order valence-electron chi connectivity index (χ3n) is 3.43. The van der Waals surface area contributed by atoms with E-state index in [1.165, 1.54) is 31.2 Å². The van der Waals surface area contributed by atoms with Crippen molar-refractivity contribution in [1.82, 2.24) is 0 Å². The van der Waals surface area contributed by atoms with Gasteiger partial charge in [0.05, 0.1) is 6.61 Å². The van der Waals surface area contributed by atoms with Crippen LogP contribution < -0.4 is 4.74 Å². The molecule has 20 heavy (non-hydrogen) atoms. The van der Waals surface area contributed by atoms with Crippen molar-refractivity contribution < 1.29 is 4.74 Å². The van der Waals surface area contributed by atoms with Gasteiger partial charge in [-0.15, -0.1) is 0 Å². The van der Waals surface area contributed by atoms with E-state index in [1.54, 1.807) is 0 Å². The van der Waals surface area contributed by atoms with Gasteiger partial charge in [0.2, 0.25) is 0 Å². The van der Waals surface area contributed by atoms with E-state index in [0.29, 0.717) is 0 Å². The van der Waals surface area contributed by atoms with Gasteiger partial charge in [-0.2, -0.15) is 0 Å². The molecule has 0 heterocycles. The predicted octanol–water partition coefficient (Wildman–Crippen LogP) is 5.05. The second kappa shape index (κ2) is 8.42. The van der Waals surface area contributed by atoms with Crippen LogP contribution >= 0.6 is 0 Å². The molecule has 1 nitrogen and oxygen atoms in total. The quantitative estimate of drug-likeness (QED) is 0.608. The molecule has 2 aromatic rings. The topological polar surface area (TPSA) is 9.23 Å². The molecule has 0 aliphatic rings. The zero-order valence-electron chi connectivity index (χ0n) is 12.1. The van der Waals surface area contributed by atoms with Gasteiger partial charge in [-0.3, -0.25) is 0 Å². The molecule has 0 spiro atoms. The Morgan fingerprint density at radius 1 is 0.750 bits per heavy atom. The Hall–Kier alpha value is -1.76. The number of rotatable bonds is 8. The summed E-state index contributed by atoms with van der Waals surface area (Å²) < 4.78 is 5.74. The lowest BCUT2D eigenvalue weighted by Crippen LogP contribution is -1.98. The van der Waals surface area contributed by atoms with Crippen LogP contribution in [-0.2, 0) is 6.42 Å². The lowest BCUT2D eigenvalue weighted by atomic mass is 10.1. The fourth-order valence-electron chi connectivity index (χ4n) is 2.26. The predicted molar refractivity (Wildman–Crippen MR) is 85.0 cm³/mol. The van der Waals surface area contributed by atoms with Crippen molar-refractivity contribution in [3.05, 3.63) is 72.6 Å². The number of benzene rings is 2. The molecule has 0 N–H and O–H groups in total. The van der Waals surface area contributed by atoms with Gasteiger partial charge < -0.3 is 4.74 Å². The molecule has 1 radical (unpaired) electrons. The van der Waals surface area contributed by atoms with Gasteiger partial charge in [0.25, 0.3) is 0 Å². The van der Waals surface area contributed by atoms with Crippen LogP contribution in [0.3, 0.4) is 0 Å². The van der Waals surface area contributed by atoms with Crippen molar-refractivity contribution >= 4 is 0 Å². The molecule has 0 atom stereocenters. The summed E-state index contributed by atoms with van der Waals surface area (Å²) in [6.07, 6.45) is 6.05. The molecular formula is C19H23O. The number of hydrogen-bond donors (Lipinski definition) is 0. The Kier molecular flexibility index (Phi) is 6.16. The smallest absolute Gasteiger partial charge is 0.122 e. The lowest BCUT2D eigenvalue weighted by Gasteiger charge is -2.08. The van der Waals surface area contributed by atoms with Gasteiger partial charge in [0.15, 0.2) is 0 Å². The largest absolute Gasteiger partial charge is 0.493 e. The van der Waals surface area contributed by atoms with Crippen molar-refractivity contribution in [1.29, 1.82) is 0 Å². The molecule has 0 amide bonds. The summed E-state index contributed by atoms with van der Waals surface area (Å²) in [5.74, 6) is 0.914. The van der Waals surface area contributed by atoms with Crippen LogP contribution in [0.2, 0.25) is 0 Å². The molecule has 2 rings (SSSR count). The van der Waals surface area contributed by atoms with E-state index >= 15 is 0 Å². The van der Waals surface area contributed by atoms with E-state index in [9.17, 15) is 0 Å². The first-order valence-corrected chi connectivity index (χ1v) is 7.44. The Morgan fingerprint density at radius 3 is 2.25 bits per heavy atom. The molecule has 0 saturated heterocycles. The Balaban J connectivity index is 1.53. The number of unbranched alkanes of at least 4 members (excludes halogenated alkanes) is 3. The second-order valence-electron chi connectivity index (χ2n) is 5.11. The average Bonchev–Trinajstić information content (AvgIpc) is 2.49. The minimum absolute atomic E-state index is 0.790. The number of aryl methyl sites for hydroxylation is 1. The van der Waals surface area contributed by atoms with Gasteiger partial charge in [-0.05, 0) is 43.4 Å². The zero-order valence-corrected chi connectivity index (χ0v) is 12.1. The van der Waals surface area contributed by atoms with Crippen molar-refractivity contribution in [2.75, 3.05) is 6.61 Å². The highest BCUT2D eigenvalue weighted by Gasteiger charge is 1.97. The standard InChI is InChI=1S/C19H23O/c1-17-11-8-9-15-19(17)20-16-10-3-2-5-12-18-13-6-4-7-14-18/h4,6-9,11,13-15H,1-3,5,10,12,16H2. The van der Waals surface area contributed by atoms with E-state index in [1.807, 2.05) is 24.3 Å².